The van der Waals surface area contributed by atoms with Gasteiger partial charge in [0.2, 0.25) is 0 Å². The molecular formula is C19H23N3OS. The summed E-state index contributed by atoms with van der Waals surface area (Å²) in [5, 5.41) is 1.98. The number of nitrogens with zero attached hydrogens (tertiary/aromatic N) is 3. The highest BCUT2D eigenvalue weighted by Crippen LogP contribution is 2.39. The lowest BCUT2D eigenvalue weighted by atomic mass is 9.79. The molecule has 4 heterocycles. The first-order chi connectivity index (χ1) is 11.7. The molecule has 1 amide bonds. The van der Waals surface area contributed by atoms with Crippen molar-refractivity contribution in [3.05, 3.63) is 52.5 Å². The molecule has 0 N–H and O–H groups in total. The van der Waals surface area contributed by atoms with Gasteiger partial charge in [0.25, 0.3) is 5.91 Å². The Bertz CT molecular complexity index is 688. The van der Waals surface area contributed by atoms with Gasteiger partial charge in [-0.15, -0.1) is 11.3 Å². The standard InChI is InChI=1S/C19H23N3OS/c23-18(17-5-2-11-24-17)22-9-3-6-19(15-22)7-10-21(14-19)13-16-4-1-8-20-12-16/h1-2,4-5,8,11-12H,3,6-7,9-10,13-15H2. The van der Waals surface area contributed by atoms with Crippen molar-refractivity contribution in [2.75, 3.05) is 26.2 Å². The molecule has 2 aromatic heterocycles. The zero-order chi connectivity index (χ0) is 16.4. The predicted molar refractivity (Wildman–Crippen MR) is 96.0 cm³/mol. The van der Waals surface area contributed by atoms with E-state index in [4.69, 9.17) is 0 Å². The summed E-state index contributed by atoms with van der Waals surface area (Å²) in [6, 6.07) is 8.05. The van der Waals surface area contributed by atoms with Gasteiger partial charge in [0.1, 0.15) is 0 Å². The minimum atomic E-state index is 0.217. The molecule has 1 atom stereocenters. The number of piperidine rings is 1. The van der Waals surface area contributed by atoms with E-state index < -0.39 is 0 Å². The van der Waals surface area contributed by atoms with E-state index in [1.54, 1.807) is 11.3 Å². The van der Waals surface area contributed by atoms with Gasteiger partial charge in [0.15, 0.2) is 0 Å². The van der Waals surface area contributed by atoms with Crippen molar-refractivity contribution in [2.24, 2.45) is 5.41 Å². The molecule has 0 bridgehead atoms. The maximum Gasteiger partial charge on any atom is 0.263 e. The minimum Gasteiger partial charge on any atom is -0.337 e. The van der Waals surface area contributed by atoms with E-state index in [-0.39, 0.29) is 11.3 Å². The molecule has 2 saturated heterocycles. The van der Waals surface area contributed by atoms with Crippen LogP contribution < -0.4 is 0 Å². The lowest BCUT2D eigenvalue weighted by molar-refractivity contribution is 0.0531. The van der Waals surface area contributed by atoms with E-state index in [1.165, 1.54) is 18.4 Å². The fourth-order valence-electron chi connectivity index (χ4n) is 4.18. The maximum absolute atomic E-state index is 12.7. The number of hydrogen-bond acceptors (Lipinski definition) is 4. The normalized spacial score (nSPS) is 24.6. The summed E-state index contributed by atoms with van der Waals surface area (Å²) < 4.78 is 0. The average molecular weight is 341 g/mol. The molecule has 2 aliphatic heterocycles. The SMILES string of the molecule is O=C(c1cccs1)N1CCCC2(CCN(Cc3cccnc3)C2)C1. The lowest BCUT2D eigenvalue weighted by Gasteiger charge is -2.40. The first-order valence-corrected chi connectivity index (χ1v) is 9.56. The maximum atomic E-state index is 12.7. The Kier molecular flexibility index (Phi) is 4.37. The van der Waals surface area contributed by atoms with Crippen molar-refractivity contribution in [2.45, 2.75) is 25.8 Å². The molecule has 0 saturated carbocycles. The third-order valence-electron chi connectivity index (χ3n) is 5.33. The molecule has 2 aromatic rings. The van der Waals surface area contributed by atoms with Crippen molar-refractivity contribution < 1.29 is 4.79 Å². The predicted octanol–water partition coefficient (Wildman–Crippen LogP) is 3.27. The summed E-state index contributed by atoms with van der Waals surface area (Å²) in [7, 11) is 0. The number of amides is 1. The molecule has 0 aromatic carbocycles. The minimum absolute atomic E-state index is 0.217. The second-order valence-corrected chi connectivity index (χ2v) is 8.08. The molecule has 0 radical (unpaired) electrons. The van der Waals surface area contributed by atoms with Crippen LogP contribution in [-0.4, -0.2) is 46.9 Å². The molecule has 4 rings (SSSR count). The van der Waals surface area contributed by atoms with E-state index in [9.17, 15) is 4.79 Å². The average Bonchev–Trinajstić information content (AvgIpc) is 3.26. The van der Waals surface area contributed by atoms with Crippen LogP contribution in [-0.2, 0) is 6.54 Å². The summed E-state index contributed by atoms with van der Waals surface area (Å²) in [6.45, 7) is 4.99. The van der Waals surface area contributed by atoms with Gasteiger partial charge in [-0.25, -0.2) is 0 Å². The Morgan fingerprint density at radius 1 is 1.21 bits per heavy atom. The monoisotopic (exact) mass is 341 g/mol. The Hall–Kier alpha value is -1.72. The van der Waals surface area contributed by atoms with Gasteiger partial charge >= 0.3 is 0 Å². The molecule has 1 unspecified atom stereocenters. The number of likely N-dealkylation sites (tertiary alicyclic amines) is 2. The number of hydrogen-bond donors (Lipinski definition) is 0. The summed E-state index contributed by atoms with van der Waals surface area (Å²) in [5.74, 6) is 0.217. The van der Waals surface area contributed by atoms with Crippen molar-refractivity contribution in [3.63, 3.8) is 0 Å². The third kappa shape index (κ3) is 3.23. The van der Waals surface area contributed by atoms with Gasteiger partial charge in [0, 0.05) is 44.0 Å². The molecule has 0 aliphatic carbocycles. The van der Waals surface area contributed by atoms with Crippen LogP contribution in [0.2, 0.25) is 0 Å². The molecule has 24 heavy (non-hydrogen) atoms. The van der Waals surface area contributed by atoms with Gasteiger partial charge in [0.05, 0.1) is 4.88 Å². The number of carbonyl (C=O) groups excluding carboxylic acids is 1. The Labute approximate surface area is 147 Å². The largest absolute Gasteiger partial charge is 0.337 e. The second kappa shape index (κ2) is 6.65. The summed E-state index contributed by atoms with van der Waals surface area (Å²) >= 11 is 1.55. The zero-order valence-electron chi connectivity index (χ0n) is 13.9. The molecule has 5 heteroatoms. The van der Waals surface area contributed by atoms with Gasteiger partial charge in [-0.2, -0.15) is 0 Å². The van der Waals surface area contributed by atoms with Crippen LogP contribution in [0.4, 0.5) is 0 Å². The van der Waals surface area contributed by atoms with Gasteiger partial charge < -0.3 is 4.90 Å². The number of aromatic nitrogens is 1. The Morgan fingerprint density at radius 3 is 2.96 bits per heavy atom. The summed E-state index contributed by atoms with van der Waals surface area (Å²) in [5.41, 5.74) is 1.56. The van der Waals surface area contributed by atoms with Crippen LogP contribution in [0, 0.1) is 5.41 Å². The number of rotatable bonds is 3. The third-order valence-corrected chi connectivity index (χ3v) is 6.18. The van der Waals surface area contributed by atoms with E-state index in [0.717, 1.165) is 44.0 Å². The Balaban J connectivity index is 1.41. The van der Waals surface area contributed by atoms with Crippen molar-refractivity contribution in [3.8, 4) is 0 Å². The smallest absolute Gasteiger partial charge is 0.263 e. The van der Waals surface area contributed by atoms with Gasteiger partial charge in [-0.05, 0) is 48.9 Å². The molecule has 2 fully saturated rings. The van der Waals surface area contributed by atoms with E-state index in [0.29, 0.717) is 0 Å². The van der Waals surface area contributed by atoms with Crippen molar-refractivity contribution >= 4 is 17.2 Å². The van der Waals surface area contributed by atoms with Gasteiger partial charge in [-0.3, -0.25) is 14.7 Å². The zero-order valence-corrected chi connectivity index (χ0v) is 14.7. The van der Waals surface area contributed by atoms with Crippen LogP contribution >= 0.6 is 11.3 Å². The van der Waals surface area contributed by atoms with Crippen LogP contribution in [0.25, 0.3) is 0 Å². The number of thiophene rings is 1. The fourth-order valence-corrected chi connectivity index (χ4v) is 4.87. The highest BCUT2D eigenvalue weighted by Gasteiger charge is 2.42. The van der Waals surface area contributed by atoms with Crippen LogP contribution in [0.3, 0.4) is 0 Å². The summed E-state index contributed by atoms with van der Waals surface area (Å²) in [4.78, 5) is 22.4. The van der Waals surface area contributed by atoms with Crippen LogP contribution in [0.5, 0.6) is 0 Å². The highest BCUT2D eigenvalue weighted by molar-refractivity contribution is 7.12. The molecule has 4 nitrogen and oxygen atoms in total. The number of carbonyl (C=O) groups is 1. The molecular weight excluding hydrogens is 318 g/mol. The first-order valence-electron chi connectivity index (χ1n) is 8.68. The summed E-state index contributed by atoms with van der Waals surface area (Å²) in [6.07, 6.45) is 7.34. The quantitative estimate of drug-likeness (QED) is 0.860. The van der Waals surface area contributed by atoms with Crippen LogP contribution in [0.15, 0.2) is 42.0 Å². The van der Waals surface area contributed by atoms with Crippen LogP contribution in [0.1, 0.15) is 34.5 Å². The van der Waals surface area contributed by atoms with Crippen molar-refractivity contribution in [1.82, 2.24) is 14.8 Å². The highest BCUT2D eigenvalue weighted by atomic mass is 32.1. The number of pyridine rings is 1. The van der Waals surface area contributed by atoms with Gasteiger partial charge in [-0.1, -0.05) is 12.1 Å². The van der Waals surface area contributed by atoms with E-state index >= 15 is 0 Å². The molecule has 126 valence electrons. The topological polar surface area (TPSA) is 36.4 Å². The first kappa shape index (κ1) is 15.8. The molecule has 1 spiro atoms. The Morgan fingerprint density at radius 2 is 2.17 bits per heavy atom. The lowest BCUT2D eigenvalue weighted by Crippen LogP contribution is -2.47. The second-order valence-electron chi connectivity index (χ2n) is 7.13. The van der Waals surface area contributed by atoms with Crippen molar-refractivity contribution in [1.29, 1.82) is 0 Å². The molecule has 2 aliphatic rings. The van der Waals surface area contributed by atoms with E-state index in [1.807, 2.05) is 36.0 Å². The fraction of sp³-hybridized carbons (Fsp3) is 0.474. The van der Waals surface area contributed by atoms with E-state index in [2.05, 4.69) is 20.9 Å².